The van der Waals surface area contributed by atoms with Gasteiger partial charge in [-0.1, -0.05) is 27.7 Å². The maximum Gasteiger partial charge on any atom is 2.00 e. The minimum atomic E-state index is -0.417. The van der Waals surface area contributed by atoms with E-state index in [-0.39, 0.29) is 22.4 Å². The van der Waals surface area contributed by atoms with Crippen LogP contribution in [0.2, 0.25) is 0 Å². The van der Waals surface area contributed by atoms with E-state index in [1.54, 1.807) is 27.7 Å². The summed E-state index contributed by atoms with van der Waals surface area (Å²) in [4.78, 5) is 0. The summed E-state index contributed by atoms with van der Waals surface area (Å²) < 4.78 is 0. The third kappa shape index (κ3) is 881. The van der Waals surface area contributed by atoms with E-state index < -0.39 is 12.2 Å². The van der Waals surface area contributed by atoms with Gasteiger partial charge in [-0.2, -0.15) is 0 Å². The van der Waals surface area contributed by atoms with Crippen LogP contribution in [-0.4, -0.2) is 12.2 Å². The molecule has 0 fully saturated rings. The molecule has 0 bridgehead atoms. The van der Waals surface area contributed by atoms with E-state index in [1.807, 2.05) is 0 Å². The zero-order chi connectivity index (χ0) is 7.15. The molecule has 0 atom stereocenters. The van der Waals surface area contributed by atoms with E-state index in [9.17, 15) is 10.2 Å². The molecule has 0 heterocycles. The second-order valence-electron chi connectivity index (χ2n) is 2.10. The molecule has 0 aliphatic rings. The van der Waals surface area contributed by atoms with Gasteiger partial charge in [-0.3, -0.25) is 0 Å². The molecule has 0 unspecified atom stereocenters. The third-order valence-corrected chi connectivity index (χ3v) is 0. The van der Waals surface area contributed by atoms with E-state index in [2.05, 4.69) is 0 Å². The first-order valence-corrected chi connectivity index (χ1v) is 2.78. The molecule has 3 heteroatoms. The normalized spacial score (nSPS) is 8.00. The molecule has 0 N–H and O–H groups in total. The van der Waals surface area contributed by atoms with Crippen molar-refractivity contribution in [2.75, 3.05) is 0 Å². The smallest absolute Gasteiger partial charge is 0.852 e. The third-order valence-electron chi connectivity index (χ3n) is 0. The van der Waals surface area contributed by atoms with Gasteiger partial charge in [-0.15, -0.1) is 12.2 Å². The Kier molecular flexibility index (Phi) is 20.8. The van der Waals surface area contributed by atoms with Crippen molar-refractivity contribution >= 4 is 0 Å². The molecule has 55 valence electrons. The van der Waals surface area contributed by atoms with Crippen molar-refractivity contribution < 1.29 is 32.6 Å². The van der Waals surface area contributed by atoms with Crippen molar-refractivity contribution in [1.29, 1.82) is 0 Å². The summed E-state index contributed by atoms with van der Waals surface area (Å²) >= 11 is 0. The molecule has 0 saturated carbocycles. The van der Waals surface area contributed by atoms with Crippen LogP contribution in [0, 0.1) is 0 Å². The maximum atomic E-state index is 9.53. The van der Waals surface area contributed by atoms with Gasteiger partial charge in [0.2, 0.25) is 0 Å². The van der Waals surface area contributed by atoms with Crippen molar-refractivity contribution in [3.8, 4) is 0 Å². The summed E-state index contributed by atoms with van der Waals surface area (Å²) in [6.45, 7) is 6.44. The van der Waals surface area contributed by atoms with Gasteiger partial charge in [0.1, 0.15) is 0 Å². The van der Waals surface area contributed by atoms with Crippen molar-refractivity contribution in [3.63, 3.8) is 0 Å². The minimum absolute atomic E-state index is 0. The van der Waals surface area contributed by atoms with Gasteiger partial charge < -0.3 is 10.2 Å². The molecule has 1 radical (unpaired) electrons. The van der Waals surface area contributed by atoms with Gasteiger partial charge in [0.05, 0.1) is 0 Å². The Morgan fingerprint density at radius 3 is 0.778 bits per heavy atom. The van der Waals surface area contributed by atoms with E-state index in [0.717, 1.165) is 0 Å². The Hall–Kier alpha value is 0.660. The number of rotatable bonds is 0. The molecule has 0 amide bonds. The fourth-order valence-corrected chi connectivity index (χ4v) is 0. The average molecular weight is 211 g/mol. The standard InChI is InChI=1S/2C3H7O.Nb/c2*1-3(2)4;/h2*3H,1-2H3;/q2*-1;+2. The van der Waals surface area contributed by atoms with E-state index in [1.165, 1.54) is 0 Å². The van der Waals surface area contributed by atoms with E-state index in [0.29, 0.717) is 0 Å². The van der Waals surface area contributed by atoms with Gasteiger partial charge in [0.15, 0.2) is 0 Å². The summed E-state index contributed by atoms with van der Waals surface area (Å²) in [5.74, 6) is 0. The van der Waals surface area contributed by atoms with Crippen LogP contribution in [0.4, 0.5) is 0 Å². The van der Waals surface area contributed by atoms with Gasteiger partial charge in [-0.25, -0.2) is 0 Å². The molecular formula is C6H14NbO2. The van der Waals surface area contributed by atoms with Crippen LogP contribution in [0.3, 0.4) is 0 Å². The molecule has 2 nitrogen and oxygen atoms in total. The predicted octanol–water partition coefficient (Wildman–Crippen LogP) is -0.492. The molecule has 0 aromatic heterocycles. The molecule has 0 rings (SSSR count). The zero-order valence-corrected chi connectivity index (χ0v) is 8.62. The van der Waals surface area contributed by atoms with Crippen molar-refractivity contribution in [2.24, 2.45) is 0 Å². The molecule has 0 aromatic rings. The van der Waals surface area contributed by atoms with Gasteiger partial charge >= 0.3 is 22.4 Å². The molecular weight excluding hydrogens is 197 g/mol. The largest absolute Gasteiger partial charge is 2.00 e. The average Bonchev–Trinajstić information content (AvgIpc) is 1.25. The first kappa shape index (κ1) is 16.3. The SMILES string of the molecule is CC(C)[O-].CC(C)[O-].[Nb+2]. The molecule has 0 aromatic carbocycles. The summed E-state index contributed by atoms with van der Waals surface area (Å²) in [5.41, 5.74) is 0. The first-order valence-electron chi connectivity index (χ1n) is 2.78. The van der Waals surface area contributed by atoms with Crippen LogP contribution in [0.1, 0.15) is 27.7 Å². The van der Waals surface area contributed by atoms with Crippen LogP contribution < -0.4 is 10.2 Å². The summed E-state index contributed by atoms with van der Waals surface area (Å²) in [6.07, 6.45) is -0.833. The quantitative estimate of drug-likeness (QED) is 0.507. The summed E-state index contributed by atoms with van der Waals surface area (Å²) in [7, 11) is 0. The Morgan fingerprint density at radius 2 is 0.778 bits per heavy atom. The molecule has 0 aliphatic heterocycles. The fourth-order valence-electron chi connectivity index (χ4n) is 0. The van der Waals surface area contributed by atoms with Crippen molar-refractivity contribution in [2.45, 2.75) is 39.9 Å². The Labute approximate surface area is 72.8 Å². The van der Waals surface area contributed by atoms with Crippen molar-refractivity contribution in [3.05, 3.63) is 0 Å². The minimum Gasteiger partial charge on any atom is -0.852 e. The van der Waals surface area contributed by atoms with Crippen molar-refractivity contribution in [1.82, 2.24) is 0 Å². The zero-order valence-electron chi connectivity index (χ0n) is 6.42. The molecule has 0 spiro atoms. The molecule has 9 heavy (non-hydrogen) atoms. The Morgan fingerprint density at radius 1 is 0.778 bits per heavy atom. The van der Waals surface area contributed by atoms with Gasteiger partial charge in [-0.05, 0) is 0 Å². The molecule has 0 saturated heterocycles. The second kappa shape index (κ2) is 11.5. The Balaban J connectivity index is -0.0000000720. The number of hydrogen-bond donors (Lipinski definition) is 0. The van der Waals surface area contributed by atoms with Gasteiger partial charge in [0.25, 0.3) is 0 Å². The predicted molar refractivity (Wildman–Crippen MR) is 30.3 cm³/mol. The van der Waals surface area contributed by atoms with E-state index >= 15 is 0 Å². The monoisotopic (exact) mass is 211 g/mol. The summed E-state index contributed by atoms with van der Waals surface area (Å²) in [6, 6.07) is 0. The van der Waals surface area contributed by atoms with Gasteiger partial charge in [0, 0.05) is 0 Å². The molecule has 0 aliphatic carbocycles. The topological polar surface area (TPSA) is 46.1 Å². The van der Waals surface area contributed by atoms with E-state index in [4.69, 9.17) is 0 Å². The number of hydrogen-bond acceptors (Lipinski definition) is 2. The summed E-state index contributed by atoms with van der Waals surface area (Å²) in [5, 5.41) is 19.1. The fraction of sp³-hybridized carbons (Fsp3) is 1.00. The Bertz CT molecular complexity index is 26.5. The van der Waals surface area contributed by atoms with Crippen LogP contribution in [0.5, 0.6) is 0 Å². The maximum absolute atomic E-state index is 9.53. The second-order valence-corrected chi connectivity index (χ2v) is 2.10. The van der Waals surface area contributed by atoms with Crippen LogP contribution in [-0.2, 0) is 22.4 Å². The first-order chi connectivity index (χ1) is 3.46. The van der Waals surface area contributed by atoms with Crippen LogP contribution >= 0.6 is 0 Å². The van der Waals surface area contributed by atoms with Crippen LogP contribution in [0.25, 0.3) is 0 Å². The van der Waals surface area contributed by atoms with Crippen LogP contribution in [0.15, 0.2) is 0 Å².